The van der Waals surface area contributed by atoms with E-state index < -0.39 is 0 Å². The molecule has 1 aliphatic heterocycles. The van der Waals surface area contributed by atoms with Gasteiger partial charge in [-0.05, 0) is 24.3 Å². The highest BCUT2D eigenvalue weighted by atomic mass is 16.5. The number of nitrogens with zero attached hydrogens (tertiary/aromatic N) is 5. The minimum atomic E-state index is -0.206. The van der Waals surface area contributed by atoms with Gasteiger partial charge >= 0.3 is 0 Å². The Bertz CT molecular complexity index is 955. The number of ether oxygens (including phenoxy) is 1. The molecule has 1 aliphatic rings. The molecule has 27 heavy (non-hydrogen) atoms. The van der Waals surface area contributed by atoms with E-state index in [4.69, 9.17) is 4.74 Å². The van der Waals surface area contributed by atoms with Gasteiger partial charge < -0.3 is 15.0 Å². The summed E-state index contributed by atoms with van der Waals surface area (Å²) in [5.41, 5.74) is 1.25. The summed E-state index contributed by atoms with van der Waals surface area (Å²) in [5.74, 6) is 0.869. The average molecular weight is 364 g/mol. The molecule has 0 fully saturated rings. The van der Waals surface area contributed by atoms with Crippen molar-refractivity contribution in [3.05, 3.63) is 55.2 Å². The molecule has 3 aromatic rings. The zero-order chi connectivity index (χ0) is 18.6. The van der Waals surface area contributed by atoms with Gasteiger partial charge in [0.2, 0.25) is 5.91 Å². The molecule has 1 N–H and O–H groups in total. The minimum Gasteiger partial charge on any atom is -0.482 e. The predicted octanol–water partition coefficient (Wildman–Crippen LogP) is 1.42. The monoisotopic (exact) mass is 364 g/mol. The van der Waals surface area contributed by atoms with Crippen LogP contribution in [-0.4, -0.2) is 44.7 Å². The maximum atomic E-state index is 12.3. The number of hydrogen-bond acceptors (Lipinski definition) is 6. The molecule has 0 atom stereocenters. The van der Waals surface area contributed by atoms with Crippen LogP contribution in [0.25, 0.3) is 5.82 Å². The van der Waals surface area contributed by atoms with Gasteiger partial charge in [0.05, 0.1) is 17.6 Å². The minimum absolute atomic E-state index is 0.0215. The highest BCUT2D eigenvalue weighted by Gasteiger charge is 2.25. The van der Waals surface area contributed by atoms with Crippen molar-refractivity contribution < 1.29 is 14.3 Å². The summed E-state index contributed by atoms with van der Waals surface area (Å²) in [6, 6.07) is 10.7. The van der Waals surface area contributed by atoms with E-state index in [-0.39, 0.29) is 31.4 Å². The number of rotatable bonds is 5. The van der Waals surface area contributed by atoms with Crippen LogP contribution in [-0.2, 0) is 9.59 Å². The molecule has 0 aliphatic carbocycles. The van der Waals surface area contributed by atoms with Crippen LogP contribution < -0.4 is 15.0 Å². The summed E-state index contributed by atoms with van der Waals surface area (Å²) in [4.78, 5) is 34.0. The molecule has 1 aromatic carbocycles. The fourth-order valence-electron chi connectivity index (χ4n) is 2.76. The van der Waals surface area contributed by atoms with Crippen molar-refractivity contribution in [2.24, 2.45) is 0 Å². The topological polar surface area (TPSA) is 102 Å². The van der Waals surface area contributed by atoms with E-state index in [1.54, 1.807) is 35.4 Å². The molecule has 0 saturated heterocycles. The van der Waals surface area contributed by atoms with Gasteiger partial charge in [-0.1, -0.05) is 12.1 Å². The first-order valence-corrected chi connectivity index (χ1v) is 8.34. The summed E-state index contributed by atoms with van der Waals surface area (Å²) in [7, 11) is 0. The van der Waals surface area contributed by atoms with E-state index in [0.29, 0.717) is 22.9 Å². The quantitative estimate of drug-likeness (QED) is 0.734. The van der Waals surface area contributed by atoms with Gasteiger partial charge in [0.25, 0.3) is 5.91 Å². The molecule has 2 aromatic heterocycles. The fourth-order valence-corrected chi connectivity index (χ4v) is 2.76. The van der Waals surface area contributed by atoms with Crippen LogP contribution in [0.1, 0.15) is 6.42 Å². The van der Waals surface area contributed by atoms with Crippen LogP contribution in [0, 0.1) is 0 Å². The number of hydrogen-bond donors (Lipinski definition) is 1. The Labute approximate surface area is 154 Å². The van der Waals surface area contributed by atoms with Crippen molar-refractivity contribution in [1.82, 2.24) is 19.7 Å². The van der Waals surface area contributed by atoms with E-state index in [1.807, 2.05) is 12.1 Å². The van der Waals surface area contributed by atoms with Crippen molar-refractivity contribution in [3.8, 4) is 11.6 Å². The predicted molar refractivity (Wildman–Crippen MR) is 96.7 cm³/mol. The number of fused-ring (bicyclic) bond motifs is 1. The molecule has 0 spiro atoms. The largest absolute Gasteiger partial charge is 0.482 e. The molecular formula is C18H16N6O3. The molecule has 136 valence electrons. The van der Waals surface area contributed by atoms with Crippen molar-refractivity contribution in [1.29, 1.82) is 0 Å². The molecule has 3 heterocycles. The number of carbonyl (C=O) groups is 2. The number of carbonyl (C=O) groups excluding carboxylic acids is 2. The number of para-hydroxylation sites is 2. The number of amides is 2. The standard InChI is InChI=1S/C18H16N6O3/c25-17(22-13-5-6-16(20-9-13)24-12-19-11-21-24)7-8-23-14-3-1-2-4-15(14)27-10-18(23)26/h1-6,9,11-12H,7-8,10H2,(H,22,25). The Morgan fingerprint density at radius 1 is 1.22 bits per heavy atom. The Hall–Kier alpha value is -3.75. The second-order valence-corrected chi connectivity index (χ2v) is 5.85. The maximum absolute atomic E-state index is 12.3. The molecule has 0 unspecified atom stereocenters. The lowest BCUT2D eigenvalue weighted by atomic mass is 10.2. The Morgan fingerprint density at radius 3 is 2.89 bits per heavy atom. The van der Waals surface area contributed by atoms with Crippen LogP contribution in [0.4, 0.5) is 11.4 Å². The van der Waals surface area contributed by atoms with Gasteiger partial charge in [-0.2, -0.15) is 5.10 Å². The number of pyridine rings is 1. The highest BCUT2D eigenvalue weighted by molar-refractivity contribution is 5.99. The van der Waals surface area contributed by atoms with Crippen molar-refractivity contribution in [2.45, 2.75) is 6.42 Å². The van der Waals surface area contributed by atoms with Crippen LogP contribution in [0.3, 0.4) is 0 Å². The summed E-state index contributed by atoms with van der Waals surface area (Å²) in [5, 5.41) is 6.77. The number of nitrogens with one attached hydrogen (secondary N) is 1. The lowest BCUT2D eigenvalue weighted by molar-refractivity contribution is -0.121. The van der Waals surface area contributed by atoms with Crippen LogP contribution in [0.2, 0.25) is 0 Å². The summed E-state index contributed by atoms with van der Waals surface area (Å²) < 4.78 is 6.92. The normalized spacial score (nSPS) is 13.0. The molecule has 0 radical (unpaired) electrons. The number of anilines is 2. The molecule has 4 rings (SSSR count). The Morgan fingerprint density at radius 2 is 2.11 bits per heavy atom. The third-order valence-electron chi connectivity index (χ3n) is 4.06. The first-order valence-electron chi connectivity index (χ1n) is 8.34. The van der Waals surface area contributed by atoms with Gasteiger partial charge in [0.15, 0.2) is 12.4 Å². The molecule has 9 heteroatoms. The third-order valence-corrected chi connectivity index (χ3v) is 4.06. The number of benzene rings is 1. The summed E-state index contributed by atoms with van der Waals surface area (Å²) in [6.45, 7) is 0.252. The van der Waals surface area contributed by atoms with Gasteiger partial charge in [0, 0.05) is 13.0 Å². The van der Waals surface area contributed by atoms with E-state index in [2.05, 4.69) is 20.4 Å². The van der Waals surface area contributed by atoms with Crippen LogP contribution in [0.5, 0.6) is 5.75 Å². The van der Waals surface area contributed by atoms with Gasteiger partial charge in [0.1, 0.15) is 18.4 Å². The Balaban J connectivity index is 1.37. The first kappa shape index (κ1) is 16.7. The second-order valence-electron chi connectivity index (χ2n) is 5.85. The number of aromatic nitrogens is 4. The average Bonchev–Trinajstić information content (AvgIpc) is 3.22. The Kier molecular flexibility index (Phi) is 4.48. The lowest BCUT2D eigenvalue weighted by Gasteiger charge is -2.29. The van der Waals surface area contributed by atoms with E-state index in [9.17, 15) is 9.59 Å². The first-order chi connectivity index (χ1) is 13.2. The van der Waals surface area contributed by atoms with Crippen LogP contribution >= 0.6 is 0 Å². The van der Waals surface area contributed by atoms with E-state index >= 15 is 0 Å². The lowest BCUT2D eigenvalue weighted by Crippen LogP contribution is -2.40. The second kappa shape index (κ2) is 7.24. The van der Waals surface area contributed by atoms with E-state index in [1.165, 1.54) is 17.3 Å². The summed E-state index contributed by atoms with van der Waals surface area (Å²) in [6.07, 6.45) is 4.66. The van der Waals surface area contributed by atoms with Crippen molar-refractivity contribution in [3.63, 3.8) is 0 Å². The van der Waals surface area contributed by atoms with Crippen molar-refractivity contribution in [2.75, 3.05) is 23.4 Å². The van der Waals surface area contributed by atoms with Gasteiger partial charge in [-0.15, -0.1) is 0 Å². The molecule has 0 bridgehead atoms. The SMILES string of the molecule is O=C(CCN1C(=O)COc2ccccc21)Nc1ccc(-n2cncn2)nc1. The van der Waals surface area contributed by atoms with E-state index in [0.717, 1.165) is 0 Å². The summed E-state index contributed by atoms with van der Waals surface area (Å²) >= 11 is 0. The maximum Gasteiger partial charge on any atom is 0.265 e. The fraction of sp³-hybridized carbons (Fsp3) is 0.167. The van der Waals surface area contributed by atoms with Crippen molar-refractivity contribution >= 4 is 23.2 Å². The molecule has 2 amide bonds. The zero-order valence-electron chi connectivity index (χ0n) is 14.3. The molecular weight excluding hydrogens is 348 g/mol. The third kappa shape index (κ3) is 3.61. The van der Waals surface area contributed by atoms with Gasteiger partial charge in [-0.25, -0.2) is 14.6 Å². The van der Waals surface area contributed by atoms with Crippen LogP contribution in [0.15, 0.2) is 55.2 Å². The zero-order valence-corrected chi connectivity index (χ0v) is 14.3. The molecule has 9 nitrogen and oxygen atoms in total. The smallest absolute Gasteiger partial charge is 0.265 e. The molecule has 0 saturated carbocycles. The highest BCUT2D eigenvalue weighted by Crippen LogP contribution is 2.31. The van der Waals surface area contributed by atoms with Gasteiger partial charge in [-0.3, -0.25) is 9.59 Å².